The molecule has 21 heavy (non-hydrogen) atoms. The maximum atomic E-state index is 3.68. The highest BCUT2D eigenvalue weighted by atomic mass is 79.9. The minimum Gasteiger partial charge on any atom is -0.310 e. The van der Waals surface area contributed by atoms with E-state index in [1.165, 1.54) is 12.0 Å². The molecule has 0 saturated carbocycles. The third-order valence-electron chi connectivity index (χ3n) is 3.44. The van der Waals surface area contributed by atoms with Crippen LogP contribution in [0.5, 0.6) is 0 Å². The van der Waals surface area contributed by atoms with E-state index >= 15 is 0 Å². The predicted molar refractivity (Wildman–Crippen MR) is 96.7 cm³/mol. The molecule has 0 aliphatic carbocycles. The van der Waals surface area contributed by atoms with Crippen molar-refractivity contribution in [1.29, 1.82) is 0 Å². The van der Waals surface area contributed by atoms with E-state index < -0.39 is 0 Å². The van der Waals surface area contributed by atoms with Gasteiger partial charge >= 0.3 is 0 Å². The van der Waals surface area contributed by atoms with E-state index in [2.05, 4.69) is 85.2 Å². The number of nitrogens with zero attached hydrogens (tertiary/aromatic N) is 1. The maximum Gasteiger partial charge on any atom is 0.0332 e. The fourth-order valence-corrected chi connectivity index (χ4v) is 3.08. The molecule has 0 aromatic heterocycles. The molecule has 1 rings (SSSR count). The fourth-order valence-electron chi connectivity index (χ4n) is 2.67. The molecule has 0 heterocycles. The highest BCUT2D eigenvalue weighted by molar-refractivity contribution is 9.10. The first-order chi connectivity index (χ1) is 9.81. The van der Waals surface area contributed by atoms with Crippen LogP contribution in [0.25, 0.3) is 0 Å². The Hall–Kier alpha value is -0.380. The second-order valence-corrected chi connectivity index (χ2v) is 8.06. The highest BCUT2D eigenvalue weighted by Crippen LogP contribution is 2.22. The molecule has 1 aromatic rings. The lowest BCUT2D eigenvalue weighted by atomic mass is 9.96. The van der Waals surface area contributed by atoms with Crippen LogP contribution in [-0.2, 0) is 0 Å². The van der Waals surface area contributed by atoms with Crippen LogP contribution in [0.4, 0.5) is 0 Å². The Balaban J connectivity index is 2.62. The molecule has 3 heteroatoms. The zero-order valence-corrected chi connectivity index (χ0v) is 15.8. The summed E-state index contributed by atoms with van der Waals surface area (Å²) < 4.78 is 1.16. The summed E-state index contributed by atoms with van der Waals surface area (Å²) in [5.41, 5.74) is 1.73. The van der Waals surface area contributed by atoms with Crippen molar-refractivity contribution in [2.24, 2.45) is 5.41 Å². The average Bonchev–Trinajstić information content (AvgIpc) is 2.36. The second kappa shape index (κ2) is 8.92. The van der Waals surface area contributed by atoms with Crippen molar-refractivity contribution in [1.82, 2.24) is 10.2 Å². The van der Waals surface area contributed by atoms with Gasteiger partial charge in [0.2, 0.25) is 0 Å². The molecule has 120 valence electrons. The van der Waals surface area contributed by atoms with E-state index in [0.717, 1.165) is 30.5 Å². The van der Waals surface area contributed by atoms with E-state index in [0.29, 0.717) is 11.5 Å². The summed E-state index contributed by atoms with van der Waals surface area (Å²) in [6.45, 7) is 12.4. The van der Waals surface area contributed by atoms with Crippen LogP contribution in [0.1, 0.15) is 52.1 Å². The number of hydrogen-bond acceptors (Lipinski definition) is 2. The van der Waals surface area contributed by atoms with Crippen molar-refractivity contribution in [2.75, 3.05) is 26.7 Å². The van der Waals surface area contributed by atoms with Gasteiger partial charge in [0.25, 0.3) is 0 Å². The van der Waals surface area contributed by atoms with Gasteiger partial charge in [-0.1, -0.05) is 55.8 Å². The van der Waals surface area contributed by atoms with Gasteiger partial charge in [-0.2, -0.15) is 0 Å². The first kappa shape index (κ1) is 18.7. The Kier molecular flexibility index (Phi) is 7.93. The molecule has 0 fully saturated rings. The number of nitrogens with one attached hydrogen (secondary N) is 1. The summed E-state index contributed by atoms with van der Waals surface area (Å²) in [6, 6.07) is 9.11. The number of benzene rings is 1. The van der Waals surface area contributed by atoms with E-state index in [1.54, 1.807) is 0 Å². The average molecular weight is 355 g/mol. The Morgan fingerprint density at radius 2 is 2.00 bits per heavy atom. The Bertz CT molecular complexity index is 412. The van der Waals surface area contributed by atoms with Crippen LogP contribution in [0.2, 0.25) is 0 Å². The van der Waals surface area contributed by atoms with Gasteiger partial charge in [0.15, 0.2) is 0 Å². The third kappa shape index (κ3) is 7.98. The molecular weight excluding hydrogens is 324 g/mol. The maximum absolute atomic E-state index is 3.68. The minimum absolute atomic E-state index is 0.358. The topological polar surface area (TPSA) is 15.3 Å². The Morgan fingerprint density at radius 1 is 1.29 bits per heavy atom. The molecule has 1 atom stereocenters. The molecule has 0 bridgehead atoms. The van der Waals surface area contributed by atoms with Gasteiger partial charge in [-0.15, -0.1) is 0 Å². The molecule has 0 amide bonds. The molecule has 0 radical (unpaired) electrons. The molecule has 0 aliphatic rings. The summed E-state index contributed by atoms with van der Waals surface area (Å²) in [5, 5.41) is 3.68. The number of rotatable bonds is 8. The van der Waals surface area contributed by atoms with E-state index in [4.69, 9.17) is 0 Å². The Morgan fingerprint density at radius 3 is 2.57 bits per heavy atom. The van der Waals surface area contributed by atoms with E-state index in [1.807, 2.05) is 0 Å². The highest BCUT2D eigenvalue weighted by Gasteiger charge is 2.16. The normalized spacial score (nSPS) is 13.7. The van der Waals surface area contributed by atoms with Crippen LogP contribution >= 0.6 is 15.9 Å². The SMILES string of the molecule is CCCNC(CCN(C)CC(C)(C)C)c1cccc(Br)c1. The van der Waals surface area contributed by atoms with Gasteiger partial charge in [-0.3, -0.25) is 0 Å². The lowest BCUT2D eigenvalue weighted by Gasteiger charge is -2.28. The zero-order chi connectivity index (χ0) is 15.9. The largest absolute Gasteiger partial charge is 0.310 e. The molecule has 1 unspecified atom stereocenters. The number of hydrogen-bond donors (Lipinski definition) is 1. The molecule has 1 N–H and O–H groups in total. The molecule has 2 nitrogen and oxygen atoms in total. The van der Waals surface area contributed by atoms with Gasteiger partial charge in [-0.25, -0.2) is 0 Å². The third-order valence-corrected chi connectivity index (χ3v) is 3.93. The van der Waals surface area contributed by atoms with Crippen molar-refractivity contribution in [3.8, 4) is 0 Å². The summed E-state index contributed by atoms with van der Waals surface area (Å²) >= 11 is 3.58. The molecule has 0 aliphatic heterocycles. The predicted octanol–water partition coefficient (Wildman–Crippen LogP) is 4.86. The van der Waals surface area contributed by atoms with Crippen LogP contribution in [0.15, 0.2) is 28.7 Å². The molecule has 1 aromatic carbocycles. The van der Waals surface area contributed by atoms with Crippen LogP contribution in [0.3, 0.4) is 0 Å². The van der Waals surface area contributed by atoms with Gasteiger partial charge in [0.1, 0.15) is 0 Å². The minimum atomic E-state index is 0.358. The molecule has 0 saturated heterocycles. The summed E-state index contributed by atoms with van der Waals surface area (Å²) in [5.74, 6) is 0. The van der Waals surface area contributed by atoms with Crippen molar-refractivity contribution in [3.05, 3.63) is 34.3 Å². The van der Waals surface area contributed by atoms with Crippen LogP contribution < -0.4 is 5.32 Å². The molecular formula is C18H31BrN2. The first-order valence-electron chi connectivity index (χ1n) is 7.99. The van der Waals surface area contributed by atoms with E-state index in [-0.39, 0.29) is 0 Å². The fraction of sp³-hybridized carbons (Fsp3) is 0.667. The molecule has 0 spiro atoms. The second-order valence-electron chi connectivity index (χ2n) is 7.15. The number of halogens is 1. The summed E-state index contributed by atoms with van der Waals surface area (Å²) in [7, 11) is 2.23. The first-order valence-corrected chi connectivity index (χ1v) is 8.78. The summed E-state index contributed by atoms with van der Waals surface area (Å²) in [4.78, 5) is 2.44. The monoisotopic (exact) mass is 354 g/mol. The lowest BCUT2D eigenvalue weighted by Crippen LogP contribution is -2.32. The van der Waals surface area contributed by atoms with Gasteiger partial charge < -0.3 is 10.2 Å². The Labute approximate surface area is 139 Å². The van der Waals surface area contributed by atoms with Crippen LogP contribution in [-0.4, -0.2) is 31.6 Å². The van der Waals surface area contributed by atoms with Crippen molar-refractivity contribution in [2.45, 2.75) is 46.6 Å². The zero-order valence-electron chi connectivity index (χ0n) is 14.2. The van der Waals surface area contributed by atoms with Gasteiger partial charge in [0.05, 0.1) is 0 Å². The smallest absolute Gasteiger partial charge is 0.0332 e. The standard InChI is InChI=1S/C18H31BrN2/c1-6-11-20-17(15-8-7-9-16(19)13-15)10-12-21(5)14-18(2,3)4/h7-9,13,17,20H,6,10-12,14H2,1-5H3. The van der Waals surface area contributed by atoms with Gasteiger partial charge in [0, 0.05) is 17.1 Å². The van der Waals surface area contributed by atoms with Crippen LogP contribution in [0, 0.1) is 5.41 Å². The lowest BCUT2D eigenvalue weighted by molar-refractivity contribution is 0.217. The quantitative estimate of drug-likeness (QED) is 0.717. The van der Waals surface area contributed by atoms with Crippen molar-refractivity contribution in [3.63, 3.8) is 0 Å². The van der Waals surface area contributed by atoms with E-state index in [9.17, 15) is 0 Å². The van der Waals surface area contributed by atoms with Crippen molar-refractivity contribution < 1.29 is 0 Å². The van der Waals surface area contributed by atoms with Gasteiger partial charge in [-0.05, 0) is 56.1 Å². The van der Waals surface area contributed by atoms with Crippen molar-refractivity contribution >= 4 is 15.9 Å². The summed E-state index contributed by atoms with van der Waals surface area (Å²) in [6.07, 6.45) is 2.31.